The van der Waals surface area contributed by atoms with Crippen LogP contribution in [0.5, 0.6) is 0 Å². The Kier molecular flexibility index (Phi) is 6.75. The van der Waals surface area contributed by atoms with Crippen LogP contribution in [-0.2, 0) is 0 Å². The van der Waals surface area contributed by atoms with Crippen LogP contribution in [0.15, 0.2) is 12.3 Å². The molecule has 0 rings (SSSR count). The third-order valence-electron chi connectivity index (χ3n) is 2.52. The lowest BCUT2D eigenvalue weighted by Gasteiger charge is -2.32. The molecule has 0 aliphatic rings. The molecule has 0 atom stereocenters. The Bertz CT molecular complexity index is 134. The summed E-state index contributed by atoms with van der Waals surface area (Å²) in [6.07, 6.45) is 5.14. The van der Waals surface area contributed by atoms with Gasteiger partial charge in [0, 0.05) is 18.3 Å². The summed E-state index contributed by atoms with van der Waals surface area (Å²) in [5.74, 6) is 0. The van der Waals surface area contributed by atoms with Gasteiger partial charge in [-0.05, 0) is 26.7 Å². The van der Waals surface area contributed by atoms with E-state index in [-0.39, 0.29) is 0 Å². The van der Waals surface area contributed by atoms with Gasteiger partial charge in [-0.25, -0.2) is 0 Å². The summed E-state index contributed by atoms with van der Waals surface area (Å²) in [5, 5.41) is 0. The second kappa shape index (κ2) is 6.99. The molecular formula is C12H25N. The number of hydrogen-bond acceptors (Lipinski definition) is 1. The minimum atomic E-state index is 0.720. The first-order valence-corrected chi connectivity index (χ1v) is 5.59. The number of allylic oxidation sites excluding steroid dienone is 1. The zero-order valence-electron chi connectivity index (χ0n) is 9.77. The Balaban J connectivity index is 4.20. The molecule has 0 unspecified atom stereocenters. The molecule has 0 bridgehead atoms. The van der Waals surface area contributed by atoms with Gasteiger partial charge < -0.3 is 4.90 Å². The summed E-state index contributed by atoms with van der Waals surface area (Å²) in [4.78, 5) is 2.44. The highest BCUT2D eigenvalue weighted by Gasteiger charge is 2.13. The predicted molar refractivity (Wildman–Crippen MR) is 60.8 cm³/mol. The fraction of sp³-hybridized carbons (Fsp3) is 0.833. The van der Waals surface area contributed by atoms with Crippen LogP contribution in [0.1, 0.15) is 53.4 Å². The first kappa shape index (κ1) is 12.5. The van der Waals surface area contributed by atoms with Crippen molar-refractivity contribution >= 4 is 0 Å². The molecule has 78 valence electrons. The van der Waals surface area contributed by atoms with E-state index in [1.165, 1.54) is 31.4 Å². The van der Waals surface area contributed by atoms with Crippen LogP contribution in [0.25, 0.3) is 0 Å². The molecule has 0 spiro atoms. The lowest BCUT2D eigenvalue weighted by atomic mass is 10.0. The molecule has 0 N–H and O–H groups in total. The Morgan fingerprint density at radius 3 is 1.85 bits per heavy atom. The fourth-order valence-corrected chi connectivity index (χ4v) is 1.96. The molecule has 0 amide bonds. The molecule has 0 aliphatic heterocycles. The zero-order chi connectivity index (χ0) is 10.3. The zero-order valence-corrected chi connectivity index (χ0v) is 9.77. The normalized spacial score (nSPS) is 10.5. The molecule has 0 aromatic heterocycles. The third-order valence-corrected chi connectivity index (χ3v) is 2.52. The maximum absolute atomic E-state index is 4.04. The summed E-state index contributed by atoms with van der Waals surface area (Å²) in [5.41, 5.74) is 1.22. The van der Waals surface area contributed by atoms with Crippen molar-refractivity contribution in [2.24, 2.45) is 0 Å². The lowest BCUT2D eigenvalue weighted by molar-refractivity contribution is 0.236. The summed E-state index contributed by atoms with van der Waals surface area (Å²) >= 11 is 0. The minimum absolute atomic E-state index is 0.720. The van der Waals surface area contributed by atoms with E-state index in [9.17, 15) is 0 Å². The van der Waals surface area contributed by atoms with E-state index in [0.717, 1.165) is 12.6 Å². The highest BCUT2D eigenvalue weighted by molar-refractivity contribution is 4.91. The van der Waals surface area contributed by atoms with Crippen molar-refractivity contribution in [3.63, 3.8) is 0 Å². The largest absolute Gasteiger partial charge is 0.373 e. The highest BCUT2D eigenvalue weighted by atomic mass is 15.2. The minimum Gasteiger partial charge on any atom is -0.373 e. The van der Waals surface area contributed by atoms with Crippen molar-refractivity contribution in [1.29, 1.82) is 0 Å². The molecule has 1 heteroatoms. The van der Waals surface area contributed by atoms with E-state index in [4.69, 9.17) is 0 Å². The fourth-order valence-electron chi connectivity index (χ4n) is 1.96. The molecule has 0 aromatic carbocycles. The monoisotopic (exact) mass is 183 g/mol. The first-order chi connectivity index (χ1) is 6.17. The van der Waals surface area contributed by atoms with Crippen molar-refractivity contribution in [3.8, 4) is 0 Å². The maximum Gasteiger partial charge on any atom is 0.0286 e. The summed E-state index contributed by atoms with van der Waals surface area (Å²) in [6.45, 7) is 14.0. The molecule has 0 saturated carbocycles. The van der Waals surface area contributed by atoms with Gasteiger partial charge >= 0.3 is 0 Å². The molecule has 0 heterocycles. The van der Waals surface area contributed by atoms with Crippen LogP contribution in [0.4, 0.5) is 0 Å². The Morgan fingerprint density at radius 1 is 1.15 bits per heavy atom. The van der Waals surface area contributed by atoms with Gasteiger partial charge in [0.1, 0.15) is 0 Å². The molecular weight excluding hydrogens is 158 g/mol. The standard InChI is InChI=1S/C12H25N/c1-6-9-12(10-7-2)13(8-3)11(4)5/h12H,4,6-10H2,1-3,5H3. The van der Waals surface area contributed by atoms with Gasteiger partial charge in [0.2, 0.25) is 0 Å². The lowest BCUT2D eigenvalue weighted by Crippen LogP contribution is -2.33. The topological polar surface area (TPSA) is 3.24 Å². The Labute approximate surface area is 83.8 Å². The Morgan fingerprint density at radius 2 is 1.62 bits per heavy atom. The van der Waals surface area contributed by atoms with Gasteiger partial charge in [-0.2, -0.15) is 0 Å². The van der Waals surface area contributed by atoms with Crippen molar-refractivity contribution < 1.29 is 0 Å². The average Bonchev–Trinajstić information content (AvgIpc) is 2.05. The van der Waals surface area contributed by atoms with Gasteiger partial charge in [-0.1, -0.05) is 33.3 Å². The number of rotatable bonds is 7. The van der Waals surface area contributed by atoms with E-state index in [2.05, 4.69) is 39.2 Å². The number of nitrogens with zero attached hydrogens (tertiary/aromatic N) is 1. The molecule has 0 aliphatic carbocycles. The van der Waals surface area contributed by atoms with Crippen molar-refractivity contribution in [1.82, 2.24) is 4.90 Å². The van der Waals surface area contributed by atoms with Gasteiger partial charge in [0.25, 0.3) is 0 Å². The molecule has 13 heavy (non-hydrogen) atoms. The summed E-state index contributed by atoms with van der Waals surface area (Å²) in [6, 6.07) is 0.720. The van der Waals surface area contributed by atoms with Crippen LogP contribution < -0.4 is 0 Å². The molecule has 0 radical (unpaired) electrons. The number of hydrogen-bond donors (Lipinski definition) is 0. The van der Waals surface area contributed by atoms with Gasteiger partial charge in [-0.15, -0.1) is 0 Å². The van der Waals surface area contributed by atoms with E-state index >= 15 is 0 Å². The second-order valence-corrected chi connectivity index (χ2v) is 3.75. The predicted octanol–water partition coefficient (Wildman–Crippen LogP) is 3.81. The van der Waals surface area contributed by atoms with E-state index in [0.29, 0.717) is 0 Å². The Hall–Kier alpha value is -0.460. The SMILES string of the molecule is C=C(C)N(CC)C(CCC)CCC. The summed E-state index contributed by atoms with van der Waals surface area (Å²) in [7, 11) is 0. The average molecular weight is 183 g/mol. The van der Waals surface area contributed by atoms with Crippen LogP contribution in [0, 0.1) is 0 Å². The van der Waals surface area contributed by atoms with Gasteiger partial charge in [0.15, 0.2) is 0 Å². The summed E-state index contributed by atoms with van der Waals surface area (Å²) < 4.78 is 0. The van der Waals surface area contributed by atoms with E-state index in [1.807, 2.05) is 0 Å². The second-order valence-electron chi connectivity index (χ2n) is 3.75. The quantitative estimate of drug-likeness (QED) is 0.580. The molecule has 0 saturated heterocycles. The van der Waals surface area contributed by atoms with Gasteiger partial charge in [0.05, 0.1) is 0 Å². The van der Waals surface area contributed by atoms with Crippen LogP contribution >= 0.6 is 0 Å². The molecule has 0 aromatic rings. The van der Waals surface area contributed by atoms with Crippen molar-refractivity contribution in [3.05, 3.63) is 12.3 Å². The van der Waals surface area contributed by atoms with Crippen LogP contribution in [0.3, 0.4) is 0 Å². The smallest absolute Gasteiger partial charge is 0.0286 e. The van der Waals surface area contributed by atoms with E-state index < -0.39 is 0 Å². The maximum atomic E-state index is 4.04. The van der Waals surface area contributed by atoms with Crippen LogP contribution in [0.2, 0.25) is 0 Å². The van der Waals surface area contributed by atoms with E-state index in [1.54, 1.807) is 0 Å². The van der Waals surface area contributed by atoms with Crippen molar-refractivity contribution in [2.75, 3.05) is 6.54 Å². The molecule has 0 fully saturated rings. The first-order valence-electron chi connectivity index (χ1n) is 5.59. The third kappa shape index (κ3) is 4.35. The van der Waals surface area contributed by atoms with Crippen molar-refractivity contribution in [2.45, 2.75) is 59.4 Å². The molecule has 1 nitrogen and oxygen atoms in total. The highest BCUT2D eigenvalue weighted by Crippen LogP contribution is 2.16. The van der Waals surface area contributed by atoms with Gasteiger partial charge in [-0.3, -0.25) is 0 Å². The van der Waals surface area contributed by atoms with Crippen LogP contribution in [-0.4, -0.2) is 17.5 Å².